The molecule has 0 amide bonds. The van der Waals surface area contributed by atoms with E-state index in [0.29, 0.717) is 0 Å². The Morgan fingerprint density at radius 1 is 0.392 bits per heavy atom. The second kappa shape index (κ2) is 16.4. The Labute approximate surface area is 443 Å². The molecule has 2 aliphatic heterocycles. The van der Waals surface area contributed by atoms with Crippen molar-refractivity contribution in [2.24, 2.45) is 0 Å². The zero-order valence-electron chi connectivity index (χ0n) is 46.5. The standard InChI is InChI=1S/C70H74BN3/c1-65(2,3)46-30-34-59(52(36-46)45-24-18-15-19-25-45)74-60-35-31-47(66(4,5)6)37-57(60)71-58-41-55-56(70(13,14)44-69(55,11)12)42-61(58)73(50-32-33-53-54(38-50)68(9,10)43-67(53,7)8)62-39-51(40-63(74)64(62)71)72(48-26-20-16-21-27-48)49-28-22-17-23-29-49/h15-42H,43-44H2,1-14H3. The normalized spacial score (nSPS) is 17.3. The maximum Gasteiger partial charge on any atom is 0.252 e. The highest BCUT2D eigenvalue weighted by molar-refractivity contribution is 7.00. The quantitative estimate of drug-likeness (QED) is 0.154. The van der Waals surface area contributed by atoms with E-state index in [1.165, 1.54) is 95.0 Å². The number of hydrogen-bond donors (Lipinski definition) is 0. The molecule has 4 aliphatic rings. The first-order valence-corrected chi connectivity index (χ1v) is 27.3. The third kappa shape index (κ3) is 7.59. The Morgan fingerprint density at radius 3 is 1.43 bits per heavy atom. The lowest BCUT2D eigenvalue weighted by Gasteiger charge is -2.46. The highest BCUT2D eigenvalue weighted by atomic mass is 15.2. The zero-order chi connectivity index (χ0) is 52.1. The molecule has 8 aromatic rings. The number of anilines is 9. The van der Waals surface area contributed by atoms with Gasteiger partial charge in [0.1, 0.15) is 0 Å². The van der Waals surface area contributed by atoms with Crippen LogP contribution in [0.1, 0.15) is 143 Å². The lowest BCUT2D eigenvalue weighted by Crippen LogP contribution is -2.61. The van der Waals surface area contributed by atoms with Crippen molar-refractivity contribution in [2.75, 3.05) is 14.7 Å². The lowest BCUT2D eigenvalue weighted by atomic mass is 9.33. The van der Waals surface area contributed by atoms with Crippen LogP contribution in [-0.4, -0.2) is 6.71 Å². The fourth-order valence-electron chi connectivity index (χ4n) is 14.3. The number of para-hydroxylation sites is 2. The molecule has 0 spiro atoms. The molecular weight excluding hydrogens is 894 g/mol. The fourth-order valence-corrected chi connectivity index (χ4v) is 14.3. The molecule has 74 heavy (non-hydrogen) atoms. The lowest BCUT2D eigenvalue weighted by molar-refractivity contribution is 0.403. The van der Waals surface area contributed by atoms with Gasteiger partial charge in [0.2, 0.25) is 0 Å². The monoisotopic (exact) mass is 968 g/mol. The predicted molar refractivity (Wildman–Crippen MR) is 319 cm³/mol. The largest absolute Gasteiger partial charge is 0.311 e. The summed E-state index contributed by atoms with van der Waals surface area (Å²) < 4.78 is 0. The Bertz CT molecular complexity index is 3490. The summed E-state index contributed by atoms with van der Waals surface area (Å²) in [6.45, 7) is 33.7. The summed E-state index contributed by atoms with van der Waals surface area (Å²) in [7, 11) is 0. The molecule has 12 rings (SSSR count). The van der Waals surface area contributed by atoms with Crippen LogP contribution in [0.15, 0.2) is 170 Å². The third-order valence-electron chi connectivity index (χ3n) is 17.5. The molecule has 0 fully saturated rings. The van der Waals surface area contributed by atoms with Gasteiger partial charge in [-0.05, 0) is 173 Å². The van der Waals surface area contributed by atoms with Crippen LogP contribution in [-0.2, 0) is 32.5 Å². The van der Waals surface area contributed by atoms with Gasteiger partial charge < -0.3 is 14.7 Å². The molecule has 0 bridgehead atoms. The molecular formula is C70H74BN3. The van der Waals surface area contributed by atoms with Crippen LogP contribution < -0.4 is 31.1 Å². The van der Waals surface area contributed by atoms with E-state index in [-0.39, 0.29) is 39.2 Å². The summed E-state index contributed by atoms with van der Waals surface area (Å²) in [5.41, 5.74) is 25.7. The van der Waals surface area contributed by atoms with Crippen LogP contribution in [0.3, 0.4) is 0 Å². The number of nitrogens with zero attached hydrogens (tertiary/aromatic N) is 3. The molecule has 0 aromatic heterocycles. The Hall–Kier alpha value is -6.78. The van der Waals surface area contributed by atoms with Crippen LogP contribution in [0.5, 0.6) is 0 Å². The van der Waals surface area contributed by atoms with E-state index in [0.717, 1.165) is 29.9 Å². The van der Waals surface area contributed by atoms with Crippen LogP contribution in [0.4, 0.5) is 51.2 Å². The average Bonchev–Trinajstić information content (AvgIpc) is 3.66. The van der Waals surface area contributed by atoms with Gasteiger partial charge in [0, 0.05) is 45.4 Å². The van der Waals surface area contributed by atoms with Gasteiger partial charge in [-0.15, -0.1) is 0 Å². The molecule has 0 radical (unpaired) electrons. The van der Waals surface area contributed by atoms with Gasteiger partial charge in [-0.1, -0.05) is 194 Å². The van der Waals surface area contributed by atoms with Crippen molar-refractivity contribution in [3.8, 4) is 11.1 Å². The van der Waals surface area contributed by atoms with Gasteiger partial charge in [-0.2, -0.15) is 0 Å². The first-order chi connectivity index (χ1) is 34.9. The minimum absolute atomic E-state index is 0.00190. The second-order valence-corrected chi connectivity index (χ2v) is 27.0. The zero-order valence-corrected chi connectivity index (χ0v) is 46.5. The third-order valence-corrected chi connectivity index (χ3v) is 17.5. The molecule has 2 aliphatic carbocycles. The molecule has 372 valence electrons. The SMILES string of the molecule is CC(C)(C)c1ccc2c(c1)B1c3cc4c(cc3N(c3ccc5c(c3)C(C)(C)CC5(C)C)c3cc(N(c5ccccc5)c5ccccc5)cc(c31)N2c1ccc(C(C)(C)C)cc1-c1ccccc1)C(C)(C)CC4(C)C. The number of benzene rings is 8. The summed E-state index contributed by atoms with van der Waals surface area (Å²) in [4.78, 5) is 7.82. The van der Waals surface area contributed by atoms with Crippen molar-refractivity contribution < 1.29 is 0 Å². The van der Waals surface area contributed by atoms with Gasteiger partial charge in [-0.25, -0.2) is 0 Å². The summed E-state index contributed by atoms with van der Waals surface area (Å²) in [6.07, 6.45) is 2.21. The van der Waals surface area contributed by atoms with Crippen LogP contribution in [0.25, 0.3) is 11.1 Å². The van der Waals surface area contributed by atoms with Crippen molar-refractivity contribution in [1.82, 2.24) is 0 Å². The molecule has 0 unspecified atom stereocenters. The maximum absolute atomic E-state index is 2.70. The van der Waals surface area contributed by atoms with E-state index in [9.17, 15) is 0 Å². The minimum Gasteiger partial charge on any atom is -0.311 e. The summed E-state index contributed by atoms with van der Waals surface area (Å²) in [5, 5.41) is 0. The van der Waals surface area contributed by atoms with Crippen molar-refractivity contribution in [1.29, 1.82) is 0 Å². The first kappa shape index (κ1) is 48.2. The smallest absolute Gasteiger partial charge is 0.252 e. The van der Waals surface area contributed by atoms with Crippen LogP contribution in [0.2, 0.25) is 0 Å². The second-order valence-electron chi connectivity index (χ2n) is 27.0. The molecule has 0 atom stereocenters. The van der Waals surface area contributed by atoms with E-state index in [4.69, 9.17) is 0 Å². The van der Waals surface area contributed by atoms with Crippen molar-refractivity contribution in [2.45, 2.75) is 142 Å². The highest BCUT2D eigenvalue weighted by Gasteiger charge is 2.50. The minimum atomic E-state index is -0.0687. The number of rotatable bonds is 6. The van der Waals surface area contributed by atoms with Crippen molar-refractivity contribution >= 4 is 74.3 Å². The van der Waals surface area contributed by atoms with E-state index in [2.05, 4.69) is 281 Å². The van der Waals surface area contributed by atoms with E-state index in [1.54, 1.807) is 0 Å². The highest BCUT2D eigenvalue weighted by Crippen LogP contribution is 2.56. The van der Waals surface area contributed by atoms with Crippen molar-refractivity contribution in [3.05, 3.63) is 203 Å². The molecule has 0 saturated carbocycles. The number of hydrogen-bond acceptors (Lipinski definition) is 3. The van der Waals surface area contributed by atoms with Crippen LogP contribution >= 0.6 is 0 Å². The first-order valence-electron chi connectivity index (χ1n) is 27.3. The van der Waals surface area contributed by atoms with E-state index < -0.39 is 0 Å². The molecule has 0 saturated heterocycles. The Kier molecular flexibility index (Phi) is 10.7. The van der Waals surface area contributed by atoms with Gasteiger partial charge in [0.15, 0.2) is 0 Å². The summed E-state index contributed by atoms with van der Waals surface area (Å²) in [5.74, 6) is 0. The summed E-state index contributed by atoms with van der Waals surface area (Å²) >= 11 is 0. The molecule has 8 aromatic carbocycles. The maximum atomic E-state index is 2.70. The molecule has 0 N–H and O–H groups in total. The topological polar surface area (TPSA) is 9.72 Å². The van der Waals surface area contributed by atoms with Gasteiger partial charge in [0.05, 0.1) is 11.4 Å². The van der Waals surface area contributed by atoms with Crippen LogP contribution in [0, 0.1) is 0 Å². The Balaban J connectivity index is 1.26. The molecule has 2 heterocycles. The molecule has 3 nitrogen and oxygen atoms in total. The fraction of sp³-hybridized carbons (Fsp3) is 0.314. The Morgan fingerprint density at radius 2 is 0.865 bits per heavy atom. The van der Waals surface area contributed by atoms with Gasteiger partial charge in [-0.3, -0.25) is 0 Å². The summed E-state index contributed by atoms with van der Waals surface area (Å²) in [6, 6.07) is 65.7. The van der Waals surface area contributed by atoms with Gasteiger partial charge in [0.25, 0.3) is 6.71 Å². The van der Waals surface area contributed by atoms with E-state index >= 15 is 0 Å². The average molecular weight is 968 g/mol. The van der Waals surface area contributed by atoms with Gasteiger partial charge >= 0.3 is 0 Å². The number of fused-ring (bicyclic) bond motifs is 6. The van der Waals surface area contributed by atoms with E-state index in [1.807, 2.05) is 0 Å². The van der Waals surface area contributed by atoms with Crippen molar-refractivity contribution in [3.63, 3.8) is 0 Å². The molecule has 4 heteroatoms. The predicted octanol–water partition coefficient (Wildman–Crippen LogP) is 17.4.